The summed E-state index contributed by atoms with van der Waals surface area (Å²) in [5, 5.41) is 13.3. The van der Waals surface area contributed by atoms with Crippen LogP contribution in [0.3, 0.4) is 0 Å². The number of hydrogen-bond donors (Lipinski definition) is 2. The van der Waals surface area contributed by atoms with Crippen molar-refractivity contribution >= 4 is 11.3 Å². The minimum absolute atomic E-state index is 0.638. The SMILES string of the molecule is CCCNCC(C)(O)Cc1cncs1. The molecule has 0 aliphatic rings. The number of nitrogens with zero attached hydrogens (tertiary/aromatic N) is 1. The molecule has 0 aromatic carbocycles. The van der Waals surface area contributed by atoms with Gasteiger partial charge in [-0.05, 0) is 19.9 Å². The third-order valence-corrected chi connectivity index (χ3v) is 2.75. The second-order valence-corrected chi connectivity index (χ2v) is 4.79. The molecule has 0 spiro atoms. The highest BCUT2D eigenvalue weighted by Crippen LogP contribution is 2.15. The molecule has 2 N–H and O–H groups in total. The summed E-state index contributed by atoms with van der Waals surface area (Å²) in [6.07, 6.45) is 3.59. The molecule has 0 aliphatic heterocycles. The summed E-state index contributed by atoms with van der Waals surface area (Å²) >= 11 is 1.59. The summed E-state index contributed by atoms with van der Waals surface area (Å²) in [5.41, 5.74) is 1.13. The van der Waals surface area contributed by atoms with Crippen LogP contribution in [0.15, 0.2) is 11.7 Å². The highest BCUT2D eigenvalue weighted by Gasteiger charge is 2.20. The Balaban J connectivity index is 2.33. The molecule has 14 heavy (non-hydrogen) atoms. The van der Waals surface area contributed by atoms with Gasteiger partial charge in [0.15, 0.2) is 0 Å². The van der Waals surface area contributed by atoms with Crippen molar-refractivity contribution in [3.05, 3.63) is 16.6 Å². The summed E-state index contributed by atoms with van der Waals surface area (Å²) in [6.45, 7) is 5.57. The lowest BCUT2D eigenvalue weighted by atomic mass is 10.0. The Kier molecular flexibility index (Phi) is 4.51. The molecule has 0 saturated heterocycles. The van der Waals surface area contributed by atoms with Crippen molar-refractivity contribution in [2.24, 2.45) is 0 Å². The van der Waals surface area contributed by atoms with Crippen LogP contribution < -0.4 is 5.32 Å². The zero-order chi connectivity index (χ0) is 10.4. The summed E-state index contributed by atoms with van der Waals surface area (Å²) in [7, 11) is 0. The standard InChI is InChI=1S/C10H18N2OS/c1-3-4-11-7-10(2,13)5-9-6-12-8-14-9/h6,8,11,13H,3-5,7H2,1-2H3. The number of thiazole rings is 1. The number of aliphatic hydroxyl groups is 1. The normalized spacial score (nSPS) is 15.4. The first-order valence-corrected chi connectivity index (χ1v) is 5.82. The maximum atomic E-state index is 10.0. The van der Waals surface area contributed by atoms with Crippen molar-refractivity contribution in [1.29, 1.82) is 0 Å². The Morgan fingerprint density at radius 1 is 1.64 bits per heavy atom. The van der Waals surface area contributed by atoms with Crippen LogP contribution in [0.25, 0.3) is 0 Å². The number of hydrogen-bond acceptors (Lipinski definition) is 4. The molecule has 1 aromatic rings. The Labute approximate surface area is 89.2 Å². The number of rotatable bonds is 6. The summed E-state index contributed by atoms with van der Waals surface area (Å²) in [5.74, 6) is 0. The van der Waals surface area contributed by atoms with Crippen LogP contribution in [0.5, 0.6) is 0 Å². The molecule has 80 valence electrons. The van der Waals surface area contributed by atoms with E-state index in [4.69, 9.17) is 0 Å². The third kappa shape index (κ3) is 4.17. The lowest BCUT2D eigenvalue weighted by Gasteiger charge is -2.22. The molecule has 0 aliphatic carbocycles. The van der Waals surface area contributed by atoms with Crippen molar-refractivity contribution in [2.45, 2.75) is 32.3 Å². The van der Waals surface area contributed by atoms with Gasteiger partial charge in [0.1, 0.15) is 0 Å². The van der Waals surface area contributed by atoms with Gasteiger partial charge < -0.3 is 10.4 Å². The minimum Gasteiger partial charge on any atom is -0.388 e. The molecule has 1 rings (SSSR count). The van der Waals surface area contributed by atoms with Crippen molar-refractivity contribution in [3.63, 3.8) is 0 Å². The monoisotopic (exact) mass is 214 g/mol. The largest absolute Gasteiger partial charge is 0.388 e. The van der Waals surface area contributed by atoms with Gasteiger partial charge in [0.25, 0.3) is 0 Å². The second-order valence-electron chi connectivity index (χ2n) is 3.82. The molecule has 0 saturated carbocycles. The lowest BCUT2D eigenvalue weighted by molar-refractivity contribution is 0.0611. The van der Waals surface area contributed by atoms with Crippen molar-refractivity contribution < 1.29 is 5.11 Å². The van der Waals surface area contributed by atoms with Crippen LogP contribution in [0.2, 0.25) is 0 Å². The van der Waals surface area contributed by atoms with Crippen LogP contribution in [0.4, 0.5) is 0 Å². The Hall–Kier alpha value is -0.450. The van der Waals surface area contributed by atoms with E-state index in [0.29, 0.717) is 13.0 Å². The smallest absolute Gasteiger partial charge is 0.0794 e. The van der Waals surface area contributed by atoms with E-state index in [-0.39, 0.29) is 0 Å². The molecular weight excluding hydrogens is 196 g/mol. The van der Waals surface area contributed by atoms with Gasteiger partial charge in [-0.3, -0.25) is 4.98 Å². The molecule has 1 heterocycles. The summed E-state index contributed by atoms with van der Waals surface area (Å²) in [4.78, 5) is 5.12. The van der Waals surface area contributed by atoms with Crippen molar-refractivity contribution in [2.75, 3.05) is 13.1 Å². The average Bonchev–Trinajstić information content (AvgIpc) is 2.56. The van der Waals surface area contributed by atoms with E-state index in [1.54, 1.807) is 16.8 Å². The van der Waals surface area contributed by atoms with Gasteiger partial charge in [-0.25, -0.2) is 0 Å². The number of nitrogens with one attached hydrogen (secondary N) is 1. The van der Waals surface area contributed by atoms with Gasteiger partial charge in [0, 0.05) is 24.0 Å². The third-order valence-electron chi connectivity index (χ3n) is 1.97. The molecule has 0 fully saturated rings. The van der Waals surface area contributed by atoms with E-state index >= 15 is 0 Å². The molecule has 1 aromatic heterocycles. The molecule has 1 unspecified atom stereocenters. The van der Waals surface area contributed by atoms with Gasteiger partial charge in [-0.15, -0.1) is 11.3 Å². The van der Waals surface area contributed by atoms with Gasteiger partial charge in [-0.2, -0.15) is 0 Å². The Morgan fingerprint density at radius 2 is 2.43 bits per heavy atom. The average molecular weight is 214 g/mol. The second kappa shape index (κ2) is 5.44. The number of aromatic nitrogens is 1. The quantitative estimate of drug-likeness (QED) is 0.704. The molecule has 0 radical (unpaired) electrons. The van der Waals surface area contributed by atoms with Crippen LogP contribution in [0.1, 0.15) is 25.1 Å². The van der Waals surface area contributed by atoms with E-state index in [2.05, 4.69) is 17.2 Å². The topological polar surface area (TPSA) is 45.1 Å². The van der Waals surface area contributed by atoms with Crippen molar-refractivity contribution in [1.82, 2.24) is 10.3 Å². The van der Waals surface area contributed by atoms with E-state index in [1.165, 1.54) is 0 Å². The summed E-state index contributed by atoms with van der Waals surface area (Å²) in [6, 6.07) is 0. The zero-order valence-electron chi connectivity index (χ0n) is 8.79. The van der Waals surface area contributed by atoms with Crippen molar-refractivity contribution in [3.8, 4) is 0 Å². The van der Waals surface area contributed by atoms with E-state index in [1.807, 2.05) is 13.1 Å². The fourth-order valence-electron chi connectivity index (χ4n) is 1.30. The van der Waals surface area contributed by atoms with Gasteiger partial charge in [0.05, 0.1) is 11.1 Å². The van der Waals surface area contributed by atoms with Crippen LogP contribution >= 0.6 is 11.3 Å². The maximum Gasteiger partial charge on any atom is 0.0794 e. The van der Waals surface area contributed by atoms with E-state index < -0.39 is 5.60 Å². The van der Waals surface area contributed by atoms with Crippen LogP contribution in [-0.2, 0) is 6.42 Å². The Bertz CT molecular complexity index is 247. The van der Waals surface area contributed by atoms with Gasteiger partial charge in [0.2, 0.25) is 0 Å². The fraction of sp³-hybridized carbons (Fsp3) is 0.700. The highest BCUT2D eigenvalue weighted by molar-refractivity contribution is 7.09. The summed E-state index contributed by atoms with van der Waals surface area (Å²) < 4.78 is 0. The molecule has 0 amide bonds. The Morgan fingerprint density at radius 3 is 3.00 bits per heavy atom. The maximum absolute atomic E-state index is 10.0. The predicted octanol–water partition coefficient (Wildman–Crippen LogP) is 1.44. The lowest BCUT2D eigenvalue weighted by Crippen LogP contribution is -2.39. The van der Waals surface area contributed by atoms with Gasteiger partial charge >= 0.3 is 0 Å². The zero-order valence-corrected chi connectivity index (χ0v) is 9.60. The first kappa shape index (κ1) is 11.6. The molecule has 0 bridgehead atoms. The molecule has 1 atom stereocenters. The first-order chi connectivity index (χ1) is 6.64. The minimum atomic E-state index is -0.665. The first-order valence-electron chi connectivity index (χ1n) is 4.94. The predicted molar refractivity (Wildman–Crippen MR) is 59.6 cm³/mol. The van der Waals surface area contributed by atoms with E-state index in [9.17, 15) is 5.11 Å². The fourth-order valence-corrected chi connectivity index (χ4v) is 2.07. The molecule has 3 nitrogen and oxygen atoms in total. The highest BCUT2D eigenvalue weighted by atomic mass is 32.1. The van der Waals surface area contributed by atoms with Crippen LogP contribution in [0, 0.1) is 0 Å². The molecular formula is C10H18N2OS. The molecule has 4 heteroatoms. The van der Waals surface area contributed by atoms with Crippen LogP contribution in [-0.4, -0.2) is 28.8 Å². The van der Waals surface area contributed by atoms with E-state index in [0.717, 1.165) is 17.8 Å². The van der Waals surface area contributed by atoms with Gasteiger partial charge in [-0.1, -0.05) is 6.92 Å².